The summed E-state index contributed by atoms with van der Waals surface area (Å²) in [5, 5.41) is 11.1. The Morgan fingerprint density at radius 1 is 1.33 bits per heavy atom. The Morgan fingerprint density at radius 3 is 2.48 bits per heavy atom. The van der Waals surface area contributed by atoms with Crippen LogP contribution < -0.4 is 10.6 Å². The van der Waals surface area contributed by atoms with E-state index in [2.05, 4.69) is 66.1 Å². The lowest BCUT2D eigenvalue weighted by Gasteiger charge is -2.16. The number of nitrogens with one attached hydrogen (secondary N) is 2. The van der Waals surface area contributed by atoms with Gasteiger partial charge in [0, 0.05) is 31.4 Å². The van der Waals surface area contributed by atoms with E-state index < -0.39 is 0 Å². The molecule has 2 N–H and O–H groups in total. The van der Waals surface area contributed by atoms with E-state index in [-0.39, 0.29) is 24.0 Å². The zero-order valence-corrected chi connectivity index (χ0v) is 16.4. The Bertz CT molecular complexity index is 439. The third-order valence-corrected chi connectivity index (χ3v) is 2.92. The Morgan fingerprint density at radius 2 is 2.00 bits per heavy atom. The highest BCUT2D eigenvalue weighted by Crippen LogP contribution is 2.06. The second-order valence-corrected chi connectivity index (χ2v) is 5.73. The van der Waals surface area contributed by atoms with Gasteiger partial charge in [-0.2, -0.15) is 5.10 Å². The standard InChI is InChI=1S/C15H29N5.HI/c1-7-16-15(18-11(2)3)17-9-12(4)10-20-14(6)8-13(5)19-20;/h8,11-12H,7,9-10H2,1-6H3,(H2,16,17,18);1H. The summed E-state index contributed by atoms with van der Waals surface area (Å²) in [6, 6.07) is 2.50. The molecule has 0 saturated carbocycles. The van der Waals surface area contributed by atoms with Crippen LogP contribution in [0.3, 0.4) is 0 Å². The van der Waals surface area contributed by atoms with E-state index in [0.29, 0.717) is 12.0 Å². The Balaban J connectivity index is 0.00000400. The Labute approximate surface area is 146 Å². The van der Waals surface area contributed by atoms with Crippen LogP contribution in [0, 0.1) is 19.8 Å². The van der Waals surface area contributed by atoms with Crippen molar-refractivity contribution in [3.63, 3.8) is 0 Å². The number of rotatable bonds is 6. The highest BCUT2D eigenvalue weighted by Gasteiger charge is 2.07. The molecule has 0 spiro atoms. The van der Waals surface area contributed by atoms with Gasteiger partial charge in [0.05, 0.1) is 5.69 Å². The summed E-state index contributed by atoms with van der Waals surface area (Å²) in [5.41, 5.74) is 2.29. The lowest BCUT2D eigenvalue weighted by Crippen LogP contribution is -2.41. The van der Waals surface area contributed by atoms with Gasteiger partial charge in [-0.25, -0.2) is 0 Å². The van der Waals surface area contributed by atoms with Gasteiger partial charge in [0.1, 0.15) is 0 Å². The van der Waals surface area contributed by atoms with Crippen molar-refractivity contribution in [2.75, 3.05) is 13.1 Å². The van der Waals surface area contributed by atoms with Crippen molar-refractivity contribution < 1.29 is 0 Å². The van der Waals surface area contributed by atoms with Gasteiger partial charge in [0.15, 0.2) is 5.96 Å². The molecule has 122 valence electrons. The van der Waals surface area contributed by atoms with E-state index in [1.807, 2.05) is 6.92 Å². The zero-order chi connectivity index (χ0) is 15.1. The van der Waals surface area contributed by atoms with Crippen LogP contribution in [-0.4, -0.2) is 34.9 Å². The molecule has 1 aromatic rings. The van der Waals surface area contributed by atoms with Crippen molar-refractivity contribution >= 4 is 29.9 Å². The van der Waals surface area contributed by atoms with E-state index >= 15 is 0 Å². The summed E-state index contributed by atoms with van der Waals surface area (Å²) in [7, 11) is 0. The highest BCUT2D eigenvalue weighted by atomic mass is 127. The highest BCUT2D eigenvalue weighted by molar-refractivity contribution is 14.0. The maximum atomic E-state index is 4.64. The van der Waals surface area contributed by atoms with Gasteiger partial charge in [0.25, 0.3) is 0 Å². The molecule has 0 bridgehead atoms. The first kappa shape index (κ1) is 20.2. The molecule has 0 aliphatic carbocycles. The second-order valence-electron chi connectivity index (χ2n) is 5.73. The maximum Gasteiger partial charge on any atom is 0.191 e. The van der Waals surface area contributed by atoms with Crippen LogP contribution in [0.4, 0.5) is 0 Å². The first-order valence-corrected chi connectivity index (χ1v) is 7.48. The third kappa shape index (κ3) is 7.68. The molecule has 0 amide bonds. The molecular weight excluding hydrogens is 377 g/mol. The minimum absolute atomic E-state index is 0. The van der Waals surface area contributed by atoms with E-state index in [4.69, 9.17) is 0 Å². The number of hydrogen-bond acceptors (Lipinski definition) is 2. The molecule has 1 unspecified atom stereocenters. The molecule has 0 aliphatic heterocycles. The van der Waals surface area contributed by atoms with E-state index in [9.17, 15) is 0 Å². The summed E-state index contributed by atoms with van der Waals surface area (Å²) in [5.74, 6) is 1.35. The lowest BCUT2D eigenvalue weighted by molar-refractivity contribution is 0.449. The van der Waals surface area contributed by atoms with Crippen molar-refractivity contribution in [2.24, 2.45) is 10.9 Å². The van der Waals surface area contributed by atoms with Gasteiger partial charge in [-0.3, -0.25) is 9.67 Å². The number of halogens is 1. The molecule has 0 fully saturated rings. The van der Waals surface area contributed by atoms with Crippen LogP contribution in [-0.2, 0) is 6.54 Å². The van der Waals surface area contributed by atoms with Gasteiger partial charge in [-0.1, -0.05) is 6.92 Å². The molecule has 5 nitrogen and oxygen atoms in total. The summed E-state index contributed by atoms with van der Waals surface area (Å²) >= 11 is 0. The van der Waals surface area contributed by atoms with Crippen molar-refractivity contribution in [3.05, 3.63) is 17.5 Å². The fourth-order valence-electron chi connectivity index (χ4n) is 2.05. The molecule has 0 saturated heterocycles. The minimum atomic E-state index is 0. The van der Waals surface area contributed by atoms with Crippen LogP contribution >= 0.6 is 24.0 Å². The van der Waals surface area contributed by atoms with Crippen molar-refractivity contribution in [2.45, 2.75) is 54.1 Å². The van der Waals surface area contributed by atoms with Gasteiger partial charge in [-0.15, -0.1) is 24.0 Å². The number of aliphatic imine (C=N–C) groups is 1. The van der Waals surface area contributed by atoms with E-state index in [1.54, 1.807) is 0 Å². The molecule has 6 heteroatoms. The normalized spacial score (nSPS) is 13.0. The number of guanidine groups is 1. The van der Waals surface area contributed by atoms with Crippen molar-refractivity contribution in [1.82, 2.24) is 20.4 Å². The predicted octanol–water partition coefficient (Wildman–Crippen LogP) is 2.72. The fraction of sp³-hybridized carbons (Fsp3) is 0.733. The molecule has 0 aromatic carbocycles. The molecule has 21 heavy (non-hydrogen) atoms. The molecule has 0 aliphatic rings. The van der Waals surface area contributed by atoms with Gasteiger partial charge >= 0.3 is 0 Å². The molecule has 1 aromatic heterocycles. The van der Waals surface area contributed by atoms with Gasteiger partial charge in [0.2, 0.25) is 0 Å². The van der Waals surface area contributed by atoms with Crippen LogP contribution in [0.1, 0.15) is 39.1 Å². The van der Waals surface area contributed by atoms with Crippen molar-refractivity contribution in [1.29, 1.82) is 0 Å². The van der Waals surface area contributed by atoms with Crippen LogP contribution in [0.5, 0.6) is 0 Å². The quantitative estimate of drug-likeness (QED) is 0.433. The van der Waals surface area contributed by atoms with Crippen LogP contribution in [0.25, 0.3) is 0 Å². The average molecular weight is 407 g/mol. The first-order chi connectivity index (χ1) is 9.42. The summed E-state index contributed by atoms with van der Waals surface area (Å²) < 4.78 is 2.07. The summed E-state index contributed by atoms with van der Waals surface area (Å²) in [6.45, 7) is 15.2. The van der Waals surface area contributed by atoms with Crippen molar-refractivity contribution in [3.8, 4) is 0 Å². The smallest absolute Gasteiger partial charge is 0.191 e. The number of aromatic nitrogens is 2. The van der Waals surface area contributed by atoms with Gasteiger partial charge in [-0.05, 0) is 46.6 Å². The topological polar surface area (TPSA) is 54.2 Å². The second kappa shape index (κ2) is 10.0. The third-order valence-electron chi connectivity index (χ3n) is 2.92. The minimum Gasteiger partial charge on any atom is -0.357 e. The maximum absolute atomic E-state index is 4.64. The number of aryl methyl sites for hydroxylation is 2. The van der Waals surface area contributed by atoms with Crippen LogP contribution in [0.2, 0.25) is 0 Å². The fourth-order valence-corrected chi connectivity index (χ4v) is 2.05. The SMILES string of the molecule is CCNC(=NCC(C)Cn1nc(C)cc1C)NC(C)C.I. The molecule has 0 radical (unpaired) electrons. The first-order valence-electron chi connectivity index (χ1n) is 7.48. The Hall–Kier alpha value is -0.790. The predicted molar refractivity (Wildman–Crippen MR) is 101 cm³/mol. The number of hydrogen-bond donors (Lipinski definition) is 2. The molecular formula is C15H30IN5. The lowest BCUT2D eigenvalue weighted by atomic mass is 10.2. The Kier molecular flexibility index (Phi) is 9.65. The zero-order valence-electron chi connectivity index (χ0n) is 14.1. The summed E-state index contributed by atoms with van der Waals surface area (Å²) in [6.07, 6.45) is 0. The molecule has 1 atom stereocenters. The number of nitrogens with zero attached hydrogens (tertiary/aromatic N) is 3. The van der Waals surface area contributed by atoms with Gasteiger partial charge < -0.3 is 10.6 Å². The van der Waals surface area contributed by atoms with E-state index in [0.717, 1.165) is 31.3 Å². The van der Waals surface area contributed by atoms with Crippen LogP contribution in [0.15, 0.2) is 11.1 Å². The van der Waals surface area contributed by atoms with E-state index in [1.165, 1.54) is 5.69 Å². The summed E-state index contributed by atoms with van der Waals surface area (Å²) in [4.78, 5) is 4.64. The average Bonchev–Trinajstić information content (AvgIpc) is 2.64. The molecule has 1 rings (SSSR count). The monoisotopic (exact) mass is 407 g/mol. The largest absolute Gasteiger partial charge is 0.357 e. The molecule has 1 heterocycles.